The molecule has 0 spiro atoms. The first kappa shape index (κ1) is 21.0. The number of imide groups is 1. The highest BCUT2D eigenvalue weighted by Gasteiger charge is 2.60. The van der Waals surface area contributed by atoms with Crippen LogP contribution in [0.1, 0.15) is 17.2 Å². The summed E-state index contributed by atoms with van der Waals surface area (Å²) in [5.74, 6) is -0.206. The summed E-state index contributed by atoms with van der Waals surface area (Å²) in [6.45, 7) is 1.88. The van der Waals surface area contributed by atoms with E-state index in [4.69, 9.17) is 14.3 Å². The third-order valence-corrected chi connectivity index (χ3v) is 6.24. The average Bonchev–Trinajstić information content (AvgIpc) is 3.35. The van der Waals surface area contributed by atoms with Gasteiger partial charge < -0.3 is 9.47 Å². The number of aryl methyl sites for hydroxylation is 1. The molecule has 2 aliphatic rings. The molecule has 2 amide bonds. The van der Waals surface area contributed by atoms with E-state index in [0.29, 0.717) is 17.2 Å². The van der Waals surface area contributed by atoms with Crippen LogP contribution in [0.5, 0.6) is 11.5 Å². The normalized spacial score (nSPS) is 22.0. The number of hydrogen-bond donors (Lipinski definition) is 0. The lowest BCUT2D eigenvalue weighted by Gasteiger charge is -2.30. The van der Waals surface area contributed by atoms with E-state index in [1.54, 1.807) is 31.4 Å². The Bertz CT molecular complexity index is 1210. The highest BCUT2D eigenvalue weighted by molar-refractivity contribution is 6.24. The molecule has 0 saturated carbocycles. The lowest BCUT2D eigenvalue weighted by Crippen LogP contribution is -2.37. The molecule has 2 aliphatic heterocycles. The molecule has 0 radical (unpaired) electrons. The van der Waals surface area contributed by atoms with Crippen LogP contribution in [0, 0.1) is 12.8 Å². The smallest absolute Gasteiger partial charge is 0.266 e. The van der Waals surface area contributed by atoms with Crippen LogP contribution in [0.15, 0.2) is 72.8 Å². The van der Waals surface area contributed by atoms with E-state index in [1.165, 1.54) is 4.90 Å². The van der Waals surface area contributed by atoms with Crippen LogP contribution < -0.4 is 19.4 Å². The third kappa shape index (κ3) is 3.32. The maximum atomic E-state index is 13.8. The van der Waals surface area contributed by atoms with Gasteiger partial charge in [0, 0.05) is 11.6 Å². The van der Waals surface area contributed by atoms with E-state index < -0.39 is 18.1 Å². The number of methoxy groups -OCH3 is 2. The minimum atomic E-state index is -0.936. The van der Waals surface area contributed by atoms with Gasteiger partial charge in [-0.3, -0.25) is 14.4 Å². The number of hydroxylamine groups is 1. The standard InChI is InChI=1S/C26H24N2O5/c1-16-9-7-8-12-20(16)27-25(29)22-23(19-14-13-18(31-2)15-21(19)32-3)28(33-24(22)26(27)30)17-10-5-4-6-11-17/h4-15,22-24H,1-3H3/t22-,23+,24-/m1/s1. The summed E-state index contributed by atoms with van der Waals surface area (Å²) in [7, 11) is 3.15. The lowest BCUT2D eigenvalue weighted by molar-refractivity contribution is -0.126. The predicted octanol–water partition coefficient (Wildman–Crippen LogP) is 4.06. The summed E-state index contributed by atoms with van der Waals surface area (Å²) in [6.07, 6.45) is -0.936. The van der Waals surface area contributed by atoms with Crippen molar-refractivity contribution >= 4 is 23.2 Å². The number of nitrogens with zero attached hydrogens (tertiary/aromatic N) is 2. The number of amides is 2. The first-order valence-corrected chi connectivity index (χ1v) is 10.7. The van der Waals surface area contributed by atoms with Gasteiger partial charge >= 0.3 is 0 Å². The summed E-state index contributed by atoms with van der Waals surface area (Å²) in [5, 5.41) is 1.66. The SMILES string of the molecule is COc1ccc([C@H]2[C@H]3C(=O)N(c4ccccc4C)C(=O)[C@@H]3ON2c2ccccc2)c(OC)c1. The van der Waals surface area contributed by atoms with E-state index in [0.717, 1.165) is 16.8 Å². The van der Waals surface area contributed by atoms with Crippen molar-refractivity contribution < 1.29 is 23.9 Å². The largest absolute Gasteiger partial charge is 0.497 e. The van der Waals surface area contributed by atoms with Crippen LogP contribution in [0.3, 0.4) is 0 Å². The molecular formula is C26H24N2O5. The maximum absolute atomic E-state index is 13.8. The van der Waals surface area contributed by atoms with Crippen LogP contribution >= 0.6 is 0 Å². The fraction of sp³-hybridized carbons (Fsp3) is 0.231. The highest BCUT2D eigenvalue weighted by Crippen LogP contribution is 2.50. The van der Waals surface area contributed by atoms with Gasteiger partial charge in [-0.15, -0.1) is 0 Å². The number of carbonyl (C=O) groups is 2. The number of hydrogen-bond acceptors (Lipinski definition) is 6. The van der Waals surface area contributed by atoms with E-state index in [9.17, 15) is 9.59 Å². The molecule has 3 atom stereocenters. The molecule has 0 bridgehead atoms. The Balaban J connectivity index is 1.64. The van der Waals surface area contributed by atoms with E-state index >= 15 is 0 Å². The Morgan fingerprint density at radius 3 is 2.27 bits per heavy atom. The fourth-order valence-electron chi connectivity index (χ4n) is 4.64. The molecule has 2 fully saturated rings. The van der Waals surface area contributed by atoms with Crippen molar-refractivity contribution in [2.75, 3.05) is 24.2 Å². The molecule has 7 nitrogen and oxygen atoms in total. The summed E-state index contributed by atoms with van der Waals surface area (Å²) < 4.78 is 11.0. The first-order chi connectivity index (χ1) is 16.0. The molecule has 0 N–H and O–H groups in total. The van der Waals surface area contributed by atoms with Gasteiger partial charge in [-0.25, -0.2) is 9.96 Å². The van der Waals surface area contributed by atoms with E-state index in [2.05, 4.69) is 0 Å². The molecule has 0 aliphatic carbocycles. The van der Waals surface area contributed by atoms with Crippen molar-refractivity contribution in [3.8, 4) is 11.5 Å². The molecule has 7 heteroatoms. The lowest BCUT2D eigenvalue weighted by atomic mass is 9.90. The zero-order chi connectivity index (χ0) is 23.1. The summed E-state index contributed by atoms with van der Waals surface area (Å²) >= 11 is 0. The van der Waals surface area contributed by atoms with Gasteiger partial charge in [-0.05, 0) is 42.8 Å². The molecule has 5 rings (SSSR count). The molecule has 2 saturated heterocycles. The molecule has 0 aromatic heterocycles. The fourth-order valence-corrected chi connectivity index (χ4v) is 4.64. The third-order valence-electron chi connectivity index (χ3n) is 6.24. The van der Waals surface area contributed by atoms with Crippen molar-refractivity contribution in [3.05, 3.63) is 83.9 Å². The second-order valence-corrected chi connectivity index (χ2v) is 8.06. The molecule has 2 heterocycles. The molecule has 33 heavy (non-hydrogen) atoms. The Morgan fingerprint density at radius 1 is 0.848 bits per heavy atom. The van der Waals surface area contributed by atoms with Crippen LogP contribution in [0.4, 0.5) is 11.4 Å². The van der Waals surface area contributed by atoms with Crippen molar-refractivity contribution in [2.24, 2.45) is 5.92 Å². The van der Waals surface area contributed by atoms with Crippen LogP contribution in [0.25, 0.3) is 0 Å². The van der Waals surface area contributed by atoms with Gasteiger partial charge in [-0.1, -0.05) is 36.4 Å². The number of rotatable bonds is 5. The Labute approximate surface area is 192 Å². The van der Waals surface area contributed by atoms with Gasteiger partial charge in [0.1, 0.15) is 17.4 Å². The zero-order valence-electron chi connectivity index (χ0n) is 18.6. The molecule has 3 aromatic carbocycles. The average molecular weight is 444 g/mol. The Kier molecular flexibility index (Phi) is 5.26. The van der Waals surface area contributed by atoms with Gasteiger partial charge in [0.05, 0.1) is 31.6 Å². The number of benzene rings is 3. The van der Waals surface area contributed by atoms with Crippen molar-refractivity contribution in [2.45, 2.75) is 19.1 Å². The van der Waals surface area contributed by atoms with Gasteiger partial charge in [0.2, 0.25) is 5.91 Å². The second-order valence-electron chi connectivity index (χ2n) is 8.06. The molecule has 168 valence electrons. The van der Waals surface area contributed by atoms with Gasteiger partial charge in [-0.2, -0.15) is 0 Å². The number of para-hydroxylation sites is 2. The number of fused-ring (bicyclic) bond motifs is 1. The molecule has 3 aromatic rings. The number of ether oxygens (including phenoxy) is 2. The van der Waals surface area contributed by atoms with Crippen molar-refractivity contribution in [3.63, 3.8) is 0 Å². The summed E-state index contributed by atoms with van der Waals surface area (Å²) in [6, 6.07) is 21.7. The molecular weight excluding hydrogens is 420 g/mol. The monoisotopic (exact) mass is 444 g/mol. The van der Waals surface area contributed by atoms with E-state index in [1.807, 2.05) is 67.6 Å². The topological polar surface area (TPSA) is 68.3 Å². The minimum absolute atomic E-state index is 0.291. The summed E-state index contributed by atoms with van der Waals surface area (Å²) in [4.78, 5) is 34.7. The maximum Gasteiger partial charge on any atom is 0.266 e. The predicted molar refractivity (Wildman–Crippen MR) is 123 cm³/mol. The number of anilines is 2. The Morgan fingerprint density at radius 2 is 1.58 bits per heavy atom. The van der Waals surface area contributed by atoms with Crippen LogP contribution in [-0.2, 0) is 14.4 Å². The van der Waals surface area contributed by atoms with Crippen molar-refractivity contribution in [1.82, 2.24) is 0 Å². The van der Waals surface area contributed by atoms with Gasteiger partial charge in [0.15, 0.2) is 6.10 Å². The van der Waals surface area contributed by atoms with Crippen LogP contribution in [-0.4, -0.2) is 32.1 Å². The van der Waals surface area contributed by atoms with Crippen molar-refractivity contribution in [1.29, 1.82) is 0 Å². The Hall–Kier alpha value is -3.84. The quantitative estimate of drug-likeness (QED) is 0.553. The zero-order valence-corrected chi connectivity index (χ0v) is 18.6. The number of carbonyl (C=O) groups excluding carboxylic acids is 2. The highest BCUT2D eigenvalue weighted by atomic mass is 16.7. The van der Waals surface area contributed by atoms with Crippen LogP contribution in [0.2, 0.25) is 0 Å². The van der Waals surface area contributed by atoms with Gasteiger partial charge in [0.25, 0.3) is 5.91 Å². The second kappa shape index (κ2) is 8.26. The minimum Gasteiger partial charge on any atom is -0.497 e. The summed E-state index contributed by atoms with van der Waals surface area (Å²) in [5.41, 5.74) is 2.91. The van der Waals surface area contributed by atoms with E-state index in [-0.39, 0.29) is 11.8 Å². The first-order valence-electron chi connectivity index (χ1n) is 10.7. The molecule has 0 unspecified atom stereocenters.